The van der Waals surface area contributed by atoms with Gasteiger partial charge in [0.15, 0.2) is 0 Å². The Balaban J connectivity index is 1.88. The van der Waals surface area contributed by atoms with Crippen LogP contribution in [0.1, 0.15) is 23.2 Å². The van der Waals surface area contributed by atoms with Gasteiger partial charge in [0, 0.05) is 37.0 Å². The summed E-state index contributed by atoms with van der Waals surface area (Å²) in [5, 5.41) is 1.33. The van der Waals surface area contributed by atoms with E-state index in [1.807, 2.05) is 19.0 Å². The van der Waals surface area contributed by atoms with Crippen LogP contribution in [0, 0.1) is 13.8 Å². The number of aryl methyl sites for hydroxylation is 2. The van der Waals surface area contributed by atoms with E-state index in [0.29, 0.717) is 13.1 Å². The van der Waals surface area contributed by atoms with Gasteiger partial charge in [0.05, 0.1) is 12.2 Å². The van der Waals surface area contributed by atoms with Gasteiger partial charge in [0.1, 0.15) is 0 Å². The first kappa shape index (κ1) is 15.1. The van der Waals surface area contributed by atoms with Crippen LogP contribution in [0.15, 0.2) is 18.2 Å². The molecule has 2 heterocycles. The zero-order valence-corrected chi connectivity index (χ0v) is 14.0. The molecule has 0 saturated carbocycles. The normalized spacial score (nSPS) is 14.7. The second-order valence-corrected chi connectivity index (χ2v) is 6.62. The Labute approximate surface area is 132 Å². The summed E-state index contributed by atoms with van der Waals surface area (Å²) >= 11 is 0. The van der Waals surface area contributed by atoms with Gasteiger partial charge < -0.3 is 14.4 Å². The van der Waals surface area contributed by atoms with Crippen molar-refractivity contribution in [2.24, 2.45) is 0 Å². The number of nitrogens with zero attached hydrogens (tertiary/aromatic N) is 3. The largest absolute Gasteiger partial charge is 0.326 e. The molecule has 4 heteroatoms. The molecule has 0 aliphatic carbocycles. The topological polar surface area (TPSA) is 28.5 Å². The minimum Gasteiger partial charge on any atom is -0.326 e. The van der Waals surface area contributed by atoms with Crippen LogP contribution in [0.4, 0.5) is 0 Å². The Hall–Kier alpha value is -1.81. The fourth-order valence-electron chi connectivity index (χ4n) is 3.34. The lowest BCUT2D eigenvalue weighted by Crippen LogP contribution is -2.40. The van der Waals surface area contributed by atoms with Crippen LogP contribution in [0.3, 0.4) is 0 Å². The molecule has 1 aliphatic rings. The lowest BCUT2D eigenvalue weighted by molar-refractivity contribution is -0.133. The van der Waals surface area contributed by atoms with E-state index in [1.54, 1.807) is 0 Å². The second-order valence-electron chi connectivity index (χ2n) is 6.62. The van der Waals surface area contributed by atoms with Crippen molar-refractivity contribution in [2.45, 2.75) is 33.4 Å². The van der Waals surface area contributed by atoms with E-state index in [4.69, 9.17) is 0 Å². The predicted octanol–water partition coefficient (Wildman–Crippen LogP) is 2.55. The average Bonchev–Trinajstić information content (AvgIpc) is 2.77. The number of amides is 1. The Morgan fingerprint density at radius 2 is 2.05 bits per heavy atom. The van der Waals surface area contributed by atoms with Crippen LogP contribution in [0.2, 0.25) is 0 Å². The second kappa shape index (κ2) is 5.76. The van der Waals surface area contributed by atoms with Gasteiger partial charge in [-0.15, -0.1) is 0 Å². The molecule has 2 aromatic rings. The molecule has 1 aromatic carbocycles. The van der Waals surface area contributed by atoms with Crippen molar-refractivity contribution < 1.29 is 4.79 Å². The average molecular weight is 299 g/mol. The molecule has 4 nitrogen and oxygen atoms in total. The molecule has 0 radical (unpaired) electrons. The highest BCUT2D eigenvalue weighted by Crippen LogP contribution is 2.29. The van der Waals surface area contributed by atoms with E-state index in [2.05, 4.69) is 41.5 Å². The van der Waals surface area contributed by atoms with E-state index in [9.17, 15) is 4.79 Å². The minimum absolute atomic E-state index is 0.256. The SMILES string of the molecule is Cc1ccc2c(c1)c(C)c1n2CN(C(=O)CCN(C)C)CC1. The van der Waals surface area contributed by atoms with Gasteiger partial charge in [-0.25, -0.2) is 0 Å². The van der Waals surface area contributed by atoms with Crippen LogP contribution in [0.25, 0.3) is 10.9 Å². The molecule has 0 spiro atoms. The highest BCUT2D eigenvalue weighted by Gasteiger charge is 2.24. The fraction of sp³-hybridized carbons (Fsp3) is 0.500. The summed E-state index contributed by atoms with van der Waals surface area (Å²) in [5.74, 6) is 0.256. The smallest absolute Gasteiger partial charge is 0.225 e. The molecule has 1 aliphatic heterocycles. The van der Waals surface area contributed by atoms with Crippen molar-refractivity contribution in [1.82, 2.24) is 14.4 Å². The number of aromatic nitrogens is 1. The van der Waals surface area contributed by atoms with Gasteiger partial charge in [0.25, 0.3) is 0 Å². The fourth-order valence-corrected chi connectivity index (χ4v) is 3.34. The van der Waals surface area contributed by atoms with Crippen molar-refractivity contribution in [3.05, 3.63) is 35.0 Å². The molecular weight excluding hydrogens is 274 g/mol. The highest BCUT2D eigenvalue weighted by molar-refractivity contribution is 5.86. The maximum atomic E-state index is 12.4. The van der Waals surface area contributed by atoms with Gasteiger partial charge in [-0.05, 0) is 45.6 Å². The number of carbonyl (C=O) groups is 1. The number of hydrogen-bond donors (Lipinski definition) is 0. The number of carbonyl (C=O) groups excluding carboxylic acids is 1. The molecule has 0 bridgehead atoms. The van der Waals surface area contributed by atoms with E-state index in [1.165, 1.54) is 27.7 Å². The van der Waals surface area contributed by atoms with Gasteiger partial charge in [0.2, 0.25) is 5.91 Å². The quantitative estimate of drug-likeness (QED) is 0.871. The van der Waals surface area contributed by atoms with Crippen molar-refractivity contribution in [3.63, 3.8) is 0 Å². The van der Waals surface area contributed by atoms with Crippen LogP contribution in [-0.2, 0) is 17.9 Å². The van der Waals surface area contributed by atoms with Gasteiger partial charge in [-0.1, -0.05) is 11.6 Å². The molecule has 0 atom stereocenters. The number of fused-ring (bicyclic) bond motifs is 3. The van der Waals surface area contributed by atoms with Crippen LogP contribution < -0.4 is 0 Å². The molecule has 0 unspecified atom stereocenters. The monoisotopic (exact) mass is 299 g/mol. The third kappa shape index (κ3) is 2.63. The van der Waals surface area contributed by atoms with E-state index in [0.717, 1.165) is 19.5 Å². The zero-order chi connectivity index (χ0) is 15.9. The molecular formula is C18H25N3O. The third-order valence-corrected chi connectivity index (χ3v) is 4.66. The molecule has 1 amide bonds. The van der Waals surface area contributed by atoms with Crippen molar-refractivity contribution in [1.29, 1.82) is 0 Å². The summed E-state index contributed by atoms with van der Waals surface area (Å²) in [7, 11) is 4.01. The lowest BCUT2D eigenvalue weighted by atomic mass is 10.1. The Bertz CT molecular complexity index is 715. The Morgan fingerprint density at radius 3 is 2.77 bits per heavy atom. The predicted molar refractivity (Wildman–Crippen MR) is 90.0 cm³/mol. The van der Waals surface area contributed by atoms with E-state index in [-0.39, 0.29) is 5.91 Å². The number of rotatable bonds is 3. The minimum atomic E-state index is 0.256. The van der Waals surface area contributed by atoms with Gasteiger partial charge in [-0.2, -0.15) is 0 Å². The summed E-state index contributed by atoms with van der Waals surface area (Å²) in [6.45, 7) is 6.67. The van der Waals surface area contributed by atoms with Gasteiger partial charge in [-0.3, -0.25) is 4.79 Å². The molecule has 22 heavy (non-hydrogen) atoms. The molecule has 3 rings (SSSR count). The lowest BCUT2D eigenvalue weighted by Gasteiger charge is -2.30. The summed E-state index contributed by atoms with van der Waals surface area (Å²) < 4.78 is 2.32. The number of hydrogen-bond acceptors (Lipinski definition) is 2. The van der Waals surface area contributed by atoms with Crippen molar-refractivity contribution in [2.75, 3.05) is 27.2 Å². The first-order valence-corrected chi connectivity index (χ1v) is 7.98. The Kier molecular flexibility index (Phi) is 3.96. The molecule has 1 aromatic heterocycles. The van der Waals surface area contributed by atoms with Crippen molar-refractivity contribution >= 4 is 16.8 Å². The van der Waals surface area contributed by atoms with E-state index >= 15 is 0 Å². The molecule has 118 valence electrons. The summed E-state index contributed by atoms with van der Waals surface area (Å²) in [5.41, 5.74) is 5.30. The van der Waals surface area contributed by atoms with Crippen molar-refractivity contribution in [3.8, 4) is 0 Å². The maximum Gasteiger partial charge on any atom is 0.225 e. The summed E-state index contributed by atoms with van der Waals surface area (Å²) in [6.07, 6.45) is 1.55. The zero-order valence-electron chi connectivity index (χ0n) is 14.0. The first-order valence-electron chi connectivity index (χ1n) is 7.98. The maximum absolute atomic E-state index is 12.4. The van der Waals surface area contributed by atoms with Crippen LogP contribution >= 0.6 is 0 Å². The third-order valence-electron chi connectivity index (χ3n) is 4.66. The molecule has 0 saturated heterocycles. The van der Waals surface area contributed by atoms with E-state index < -0.39 is 0 Å². The molecule has 0 N–H and O–H groups in total. The highest BCUT2D eigenvalue weighted by atomic mass is 16.2. The Morgan fingerprint density at radius 1 is 1.27 bits per heavy atom. The van der Waals surface area contributed by atoms with Crippen LogP contribution in [0.5, 0.6) is 0 Å². The first-order chi connectivity index (χ1) is 10.5. The molecule has 0 fully saturated rings. The standard InChI is InChI=1S/C18H25N3O/c1-13-5-6-17-15(11-13)14(2)16-7-10-20(12-21(16)17)18(22)8-9-19(3)4/h5-6,11H,7-10,12H2,1-4H3. The van der Waals surface area contributed by atoms with Crippen LogP contribution in [-0.4, -0.2) is 47.5 Å². The summed E-state index contributed by atoms with van der Waals surface area (Å²) in [4.78, 5) is 16.5. The van der Waals surface area contributed by atoms with Gasteiger partial charge >= 0.3 is 0 Å². The summed E-state index contributed by atoms with van der Waals surface area (Å²) in [6, 6.07) is 6.60. The number of benzene rings is 1.